The lowest BCUT2D eigenvalue weighted by molar-refractivity contribution is 0.195. The van der Waals surface area contributed by atoms with Crippen molar-refractivity contribution in [3.63, 3.8) is 0 Å². The molecule has 0 spiro atoms. The Morgan fingerprint density at radius 3 is 2.93 bits per heavy atom. The van der Waals surface area contributed by atoms with Gasteiger partial charge in [0.25, 0.3) is 0 Å². The van der Waals surface area contributed by atoms with E-state index < -0.39 is 0 Å². The maximum atomic E-state index is 13.0. The summed E-state index contributed by atoms with van der Waals surface area (Å²) in [5, 5.41) is 3.26. The van der Waals surface area contributed by atoms with Gasteiger partial charge in [-0.1, -0.05) is 0 Å². The molecule has 0 amide bonds. The van der Waals surface area contributed by atoms with Gasteiger partial charge >= 0.3 is 0 Å². The smallest absolute Gasteiger partial charge is 0.125 e. The van der Waals surface area contributed by atoms with E-state index >= 15 is 0 Å². The molecule has 1 aromatic rings. The van der Waals surface area contributed by atoms with Crippen molar-refractivity contribution in [1.82, 2.24) is 0 Å². The molecule has 1 aliphatic heterocycles. The summed E-state index contributed by atoms with van der Waals surface area (Å²) in [6.07, 6.45) is 0.996. The number of halogens is 1. The van der Waals surface area contributed by atoms with E-state index in [9.17, 15) is 4.39 Å². The number of aryl methyl sites for hydroxylation is 1. The van der Waals surface area contributed by atoms with E-state index in [1.807, 2.05) is 13.0 Å². The SMILES string of the molecule is Cc1cc(F)cc(NC2CCOC2)c1. The zero-order valence-electron chi connectivity index (χ0n) is 8.22. The van der Waals surface area contributed by atoms with Crippen LogP contribution in [-0.2, 0) is 4.74 Å². The van der Waals surface area contributed by atoms with Crippen molar-refractivity contribution in [3.8, 4) is 0 Å². The second kappa shape index (κ2) is 3.96. The molecule has 1 fully saturated rings. The molecule has 2 rings (SSSR count). The minimum absolute atomic E-state index is 0.189. The van der Waals surface area contributed by atoms with Crippen molar-refractivity contribution < 1.29 is 9.13 Å². The summed E-state index contributed by atoms with van der Waals surface area (Å²) in [7, 11) is 0. The van der Waals surface area contributed by atoms with Gasteiger partial charge in [0, 0.05) is 12.3 Å². The van der Waals surface area contributed by atoms with Crippen LogP contribution in [0.2, 0.25) is 0 Å². The summed E-state index contributed by atoms with van der Waals surface area (Å²) < 4.78 is 18.3. The molecular weight excluding hydrogens is 181 g/mol. The Kier molecular flexibility index (Phi) is 2.68. The van der Waals surface area contributed by atoms with Crippen molar-refractivity contribution in [1.29, 1.82) is 0 Å². The second-order valence-electron chi connectivity index (χ2n) is 3.72. The van der Waals surface area contributed by atoms with Gasteiger partial charge in [-0.2, -0.15) is 0 Å². The van der Waals surface area contributed by atoms with Crippen molar-refractivity contribution in [2.45, 2.75) is 19.4 Å². The minimum Gasteiger partial charge on any atom is -0.380 e. The largest absolute Gasteiger partial charge is 0.380 e. The fourth-order valence-electron chi connectivity index (χ4n) is 1.70. The van der Waals surface area contributed by atoms with Gasteiger partial charge in [-0.25, -0.2) is 4.39 Å². The van der Waals surface area contributed by atoms with Gasteiger partial charge < -0.3 is 10.1 Å². The Morgan fingerprint density at radius 2 is 2.29 bits per heavy atom. The third kappa shape index (κ3) is 2.23. The molecule has 3 heteroatoms. The lowest BCUT2D eigenvalue weighted by Gasteiger charge is -2.12. The summed E-state index contributed by atoms with van der Waals surface area (Å²) in [6.45, 7) is 3.40. The molecule has 1 N–H and O–H groups in total. The first kappa shape index (κ1) is 9.46. The van der Waals surface area contributed by atoms with E-state index in [0.29, 0.717) is 6.04 Å². The molecule has 1 heterocycles. The first-order valence-corrected chi connectivity index (χ1v) is 4.85. The van der Waals surface area contributed by atoms with Gasteiger partial charge in [-0.3, -0.25) is 0 Å². The van der Waals surface area contributed by atoms with Gasteiger partial charge in [0.15, 0.2) is 0 Å². The van der Waals surface area contributed by atoms with Crippen LogP contribution >= 0.6 is 0 Å². The molecule has 0 saturated carbocycles. The summed E-state index contributed by atoms with van der Waals surface area (Å²) >= 11 is 0. The fraction of sp³-hybridized carbons (Fsp3) is 0.455. The van der Waals surface area contributed by atoms with E-state index in [-0.39, 0.29) is 5.82 Å². The van der Waals surface area contributed by atoms with Crippen molar-refractivity contribution >= 4 is 5.69 Å². The van der Waals surface area contributed by atoms with Gasteiger partial charge in [0.05, 0.1) is 12.6 Å². The number of rotatable bonds is 2. The molecule has 14 heavy (non-hydrogen) atoms. The summed E-state index contributed by atoms with van der Waals surface area (Å²) in [4.78, 5) is 0. The molecular formula is C11H14FNO. The Bertz CT molecular complexity index is 301. The Balaban J connectivity index is 2.07. The standard InChI is InChI=1S/C11H14FNO/c1-8-4-9(12)6-11(5-8)13-10-2-3-14-7-10/h4-6,10,13H,2-3,7H2,1H3. The lowest BCUT2D eigenvalue weighted by atomic mass is 10.2. The highest BCUT2D eigenvalue weighted by molar-refractivity contribution is 5.46. The monoisotopic (exact) mass is 195 g/mol. The predicted octanol–water partition coefficient (Wildman–Crippen LogP) is 2.33. The normalized spacial score (nSPS) is 21.1. The van der Waals surface area contributed by atoms with E-state index in [1.165, 1.54) is 12.1 Å². The van der Waals surface area contributed by atoms with Gasteiger partial charge in [0.1, 0.15) is 5.82 Å². The lowest BCUT2D eigenvalue weighted by Crippen LogP contribution is -2.18. The van der Waals surface area contributed by atoms with Crippen LogP contribution in [0, 0.1) is 12.7 Å². The second-order valence-corrected chi connectivity index (χ2v) is 3.72. The number of benzene rings is 1. The first-order chi connectivity index (χ1) is 6.74. The van der Waals surface area contributed by atoms with E-state index in [4.69, 9.17) is 4.74 Å². The average molecular weight is 195 g/mol. The molecule has 1 aliphatic rings. The van der Waals surface area contributed by atoms with E-state index in [0.717, 1.165) is 30.9 Å². The van der Waals surface area contributed by atoms with Crippen LogP contribution in [0.5, 0.6) is 0 Å². The molecule has 0 bridgehead atoms. The third-order valence-corrected chi connectivity index (χ3v) is 2.34. The minimum atomic E-state index is -0.189. The van der Waals surface area contributed by atoms with Crippen LogP contribution in [0.4, 0.5) is 10.1 Å². The number of ether oxygens (including phenoxy) is 1. The molecule has 2 nitrogen and oxygen atoms in total. The maximum absolute atomic E-state index is 13.0. The molecule has 1 saturated heterocycles. The van der Waals surface area contributed by atoms with Crippen LogP contribution < -0.4 is 5.32 Å². The van der Waals surface area contributed by atoms with Crippen LogP contribution in [-0.4, -0.2) is 19.3 Å². The summed E-state index contributed by atoms with van der Waals surface area (Å²) in [5.41, 5.74) is 1.78. The molecule has 1 atom stereocenters. The quantitative estimate of drug-likeness (QED) is 0.782. The van der Waals surface area contributed by atoms with E-state index in [2.05, 4.69) is 5.32 Å². The van der Waals surface area contributed by atoms with E-state index in [1.54, 1.807) is 0 Å². The zero-order chi connectivity index (χ0) is 9.97. The van der Waals surface area contributed by atoms with Crippen LogP contribution in [0.3, 0.4) is 0 Å². The van der Waals surface area contributed by atoms with Crippen molar-refractivity contribution in [2.24, 2.45) is 0 Å². The maximum Gasteiger partial charge on any atom is 0.125 e. The van der Waals surface area contributed by atoms with Gasteiger partial charge in [-0.05, 0) is 37.1 Å². The number of nitrogens with one attached hydrogen (secondary N) is 1. The highest BCUT2D eigenvalue weighted by atomic mass is 19.1. The summed E-state index contributed by atoms with van der Waals surface area (Å²) in [6, 6.07) is 5.32. The first-order valence-electron chi connectivity index (χ1n) is 4.85. The molecule has 0 radical (unpaired) electrons. The Morgan fingerprint density at radius 1 is 1.43 bits per heavy atom. The molecule has 76 valence electrons. The van der Waals surface area contributed by atoms with Crippen LogP contribution in [0.1, 0.15) is 12.0 Å². The van der Waals surface area contributed by atoms with Crippen molar-refractivity contribution in [2.75, 3.05) is 18.5 Å². The number of hydrogen-bond donors (Lipinski definition) is 1. The summed E-state index contributed by atoms with van der Waals surface area (Å²) in [5.74, 6) is -0.189. The third-order valence-electron chi connectivity index (χ3n) is 2.34. The van der Waals surface area contributed by atoms with Crippen molar-refractivity contribution in [3.05, 3.63) is 29.6 Å². The fourth-order valence-corrected chi connectivity index (χ4v) is 1.70. The average Bonchev–Trinajstić information content (AvgIpc) is 2.54. The number of anilines is 1. The highest BCUT2D eigenvalue weighted by Crippen LogP contribution is 2.16. The molecule has 1 unspecified atom stereocenters. The van der Waals surface area contributed by atoms with Crippen LogP contribution in [0.25, 0.3) is 0 Å². The predicted molar refractivity (Wildman–Crippen MR) is 54.0 cm³/mol. The van der Waals surface area contributed by atoms with Gasteiger partial charge in [0.2, 0.25) is 0 Å². The number of hydrogen-bond acceptors (Lipinski definition) is 2. The molecule has 1 aromatic carbocycles. The Labute approximate surface area is 83.1 Å². The zero-order valence-corrected chi connectivity index (χ0v) is 8.22. The molecule has 0 aromatic heterocycles. The highest BCUT2D eigenvalue weighted by Gasteiger charge is 2.15. The van der Waals surface area contributed by atoms with Gasteiger partial charge in [-0.15, -0.1) is 0 Å². The topological polar surface area (TPSA) is 21.3 Å². The van der Waals surface area contributed by atoms with Crippen LogP contribution in [0.15, 0.2) is 18.2 Å². The molecule has 0 aliphatic carbocycles. The Hall–Kier alpha value is -1.09.